The number of thioether (sulfide) groups is 1. The quantitative estimate of drug-likeness (QED) is 0.238. The highest BCUT2D eigenvalue weighted by atomic mass is 35.5. The summed E-state index contributed by atoms with van der Waals surface area (Å²) in [6.07, 6.45) is 7.15. The summed E-state index contributed by atoms with van der Waals surface area (Å²) in [6, 6.07) is 14.5. The van der Waals surface area contributed by atoms with Crippen molar-refractivity contribution in [2.75, 3.05) is 5.75 Å². The molecule has 2 aromatic carbocycles. The molecule has 166 valence electrons. The van der Waals surface area contributed by atoms with E-state index in [2.05, 4.69) is 25.3 Å². The molecule has 9 heteroatoms. The van der Waals surface area contributed by atoms with E-state index in [1.54, 1.807) is 18.2 Å². The minimum Gasteiger partial charge on any atom is -0.872 e. The van der Waals surface area contributed by atoms with Crippen LogP contribution in [0.3, 0.4) is 0 Å². The van der Waals surface area contributed by atoms with E-state index in [-0.39, 0.29) is 17.4 Å². The van der Waals surface area contributed by atoms with E-state index in [1.807, 2.05) is 24.3 Å². The molecule has 0 radical (unpaired) electrons. The summed E-state index contributed by atoms with van der Waals surface area (Å²) in [5, 5.41) is 24.7. The van der Waals surface area contributed by atoms with Crippen molar-refractivity contribution in [3.05, 3.63) is 59.1 Å². The van der Waals surface area contributed by atoms with E-state index < -0.39 is 0 Å². The number of hydrazone groups is 1. The zero-order chi connectivity index (χ0) is 22.3. The molecule has 1 aliphatic carbocycles. The average Bonchev–Trinajstić information content (AvgIpc) is 3.24. The van der Waals surface area contributed by atoms with Crippen molar-refractivity contribution < 1.29 is 14.5 Å². The molecule has 0 atom stereocenters. The Morgan fingerprint density at radius 2 is 1.97 bits per heavy atom. The highest BCUT2D eigenvalue weighted by molar-refractivity contribution is 7.99. The number of nitrogens with zero attached hydrogens (tertiary/aromatic N) is 3. The summed E-state index contributed by atoms with van der Waals surface area (Å²) in [6.45, 7) is 0. The number of aromatic nitrogens is 3. The Balaban J connectivity index is 1.46. The second-order valence-corrected chi connectivity index (χ2v) is 9.02. The fourth-order valence-corrected chi connectivity index (χ4v) is 4.76. The van der Waals surface area contributed by atoms with Gasteiger partial charge >= 0.3 is 5.16 Å². The van der Waals surface area contributed by atoms with Gasteiger partial charge in [0.25, 0.3) is 11.7 Å². The first-order valence-corrected chi connectivity index (χ1v) is 11.9. The lowest BCUT2D eigenvalue weighted by Gasteiger charge is -2.21. The van der Waals surface area contributed by atoms with Gasteiger partial charge in [0, 0.05) is 5.02 Å². The minimum absolute atomic E-state index is 0.139. The maximum atomic E-state index is 12.3. The smallest absolute Gasteiger partial charge is 0.337 e. The van der Waals surface area contributed by atoms with Gasteiger partial charge in [0.1, 0.15) is 0 Å². The fraction of sp³-hybridized carbons (Fsp3) is 0.304. The molecule has 0 unspecified atom stereocenters. The van der Waals surface area contributed by atoms with Crippen LogP contribution < -0.4 is 15.1 Å². The Morgan fingerprint density at radius 1 is 1.22 bits per heavy atom. The lowest BCUT2D eigenvalue weighted by molar-refractivity contribution is -0.749. The van der Waals surface area contributed by atoms with Crippen LogP contribution in [0, 0.1) is 0 Å². The molecule has 2 N–H and O–H groups in total. The molecule has 1 fully saturated rings. The van der Waals surface area contributed by atoms with Crippen molar-refractivity contribution in [2.24, 2.45) is 5.10 Å². The van der Waals surface area contributed by atoms with Crippen LogP contribution in [0.25, 0.3) is 11.4 Å². The van der Waals surface area contributed by atoms with Gasteiger partial charge in [0.2, 0.25) is 0 Å². The van der Waals surface area contributed by atoms with Gasteiger partial charge in [-0.2, -0.15) is 5.10 Å². The van der Waals surface area contributed by atoms with Crippen molar-refractivity contribution in [1.82, 2.24) is 15.6 Å². The molecular weight excluding hydrogens is 446 g/mol. The Morgan fingerprint density at radius 3 is 2.72 bits per heavy atom. The largest absolute Gasteiger partial charge is 0.872 e. The molecule has 0 bridgehead atoms. The van der Waals surface area contributed by atoms with E-state index in [4.69, 9.17) is 11.6 Å². The second kappa shape index (κ2) is 10.7. The number of carbonyl (C=O) groups excluding carboxylic acids is 1. The van der Waals surface area contributed by atoms with Crippen molar-refractivity contribution in [3.8, 4) is 17.1 Å². The number of benzene rings is 2. The molecule has 0 saturated heterocycles. The maximum absolute atomic E-state index is 12.3. The van der Waals surface area contributed by atoms with Gasteiger partial charge in [0.05, 0.1) is 28.7 Å². The zero-order valence-electron chi connectivity index (χ0n) is 17.5. The van der Waals surface area contributed by atoms with E-state index in [9.17, 15) is 9.90 Å². The first-order valence-electron chi connectivity index (χ1n) is 10.6. The molecule has 0 aliphatic heterocycles. The first kappa shape index (κ1) is 22.4. The highest BCUT2D eigenvalue weighted by Gasteiger charge is 2.30. The standard InChI is InChI=1S/C23H24ClN5O2S/c24-18-12-10-16(11-13-18)22-27-28-23(29(22)19-7-2-1-3-8-19)32-15-21(31)26-25-14-17-6-4-5-9-20(17)30/h4-6,9-14,19H,1-3,7-8,15H2,(H2,25,26,30,31). The molecule has 32 heavy (non-hydrogen) atoms. The topological polar surface area (TPSA) is 97.1 Å². The molecule has 0 spiro atoms. The zero-order valence-corrected chi connectivity index (χ0v) is 19.0. The van der Waals surface area contributed by atoms with E-state index >= 15 is 0 Å². The number of amides is 1. The Hall–Kier alpha value is -2.84. The molecule has 1 heterocycles. The number of hydrogen-bond acceptors (Lipinski definition) is 5. The molecule has 3 aromatic rings. The SMILES string of the molecule is O=C(CSc1n[nH]c(-c2ccc(Cl)cc2)[n+]1C1CCCCC1)NN=Cc1ccccc1[O-]. The van der Waals surface area contributed by atoms with Crippen LogP contribution in [0.4, 0.5) is 0 Å². The summed E-state index contributed by atoms with van der Waals surface area (Å²) in [5.74, 6) is 0.677. The Labute approximate surface area is 195 Å². The van der Waals surface area contributed by atoms with Crippen LogP contribution in [0.2, 0.25) is 5.02 Å². The third-order valence-corrected chi connectivity index (χ3v) is 6.61. The fourth-order valence-electron chi connectivity index (χ4n) is 3.82. The summed E-state index contributed by atoms with van der Waals surface area (Å²) in [7, 11) is 0. The monoisotopic (exact) mass is 469 g/mol. The van der Waals surface area contributed by atoms with Crippen molar-refractivity contribution >= 4 is 35.5 Å². The third kappa shape index (κ3) is 5.49. The van der Waals surface area contributed by atoms with Gasteiger partial charge in [-0.15, -0.1) is 5.10 Å². The lowest BCUT2D eigenvalue weighted by atomic mass is 9.95. The van der Waals surface area contributed by atoms with Crippen molar-refractivity contribution in [1.29, 1.82) is 0 Å². The van der Waals surface area contributed by atoms with E-state index in [0.29, 0.717) is 16.6 Å². The summed E-state index contributed by atoms with van der Waals surface area (Å²) < 4.78 is 2.22. The van der Waals surface area contributed by atoms with Gasteiger partial charge in [0.15, 0.2) is 0 Å². The number of aromatic amines is 1. The molecular formula is C23H24ClN5O2S. The predicted octanol–water partition coefficient (Wildman–Crippen LogP) is 3.84. The molecule has 7 nitrogen and oxygen atoms in total. The van der Waals surface area contributed by atoms with Gasteiger partial charge < -0.3 is 5.11 Å². The van der Waals surface area contributed by atoms with Crippen molar-refractivity contribution in [3.63, 3.8) is 0 Å². The minimum atomic E-state index is -0.263. The molecule has 1 amide bonds. The van der Waals surface area contributed by atoms with Gasteiger partial charge in [-0.3, -0.25) is 4.79 Å². The van der Waals surface area contributed by atoms with Crippen molar-refractivity contribution in [2.45, 2.75) is 43.3 Å². The van der Waals surface area contributed by atoms with Gasteiger partial charge in [-0.25, -0.2) is 9.99 Å². The van der Waals surface area contributed by atoms with E-state index in [0.717, 1.165) is 29.4 Å². The second-order valence-electron chi connectivity index (χ2n) is 7.64. The number of halogens is 1. The first-order chi connectivity index (χ1) is 15.6. The normalized spacial score (nSPS) is 14.7. The van der Waals surface area contributed by atoms with Crippen LogP contribution in [-0.4, -0.2) is 28.1 Å². The number of rotatable bonds is 7. The Bertz CT molecular complexity index is 1090. The number of hydrogen-bond donors (Lipinski definition) is 2. The highest BCUT2D eigenvalue weighted by Crippen LogP contribution is 2.29. The molecule has 1 aromatic heterocycles. The van der Waals surface area contributed by atoms with Crippen LogP contribution in [0.5, 0.6) is 5.75 Å². The van der Waals surface area contributed by atoms with Crippen LogP contribution in [0.1, 0.15) is 43.7 Å². The third-order valence-electron chi connectivity index (χ3n) is 5.41. The van der Waals surface area contributed by atoms with E-state index in [1.165, 1.54) is 43.3 Å². The maximum Gasteiger partial charge on any atom is 0.337 e. The average molecular weight is 470 g/mol. The number of H-pyrrole nitrogens is 1. The number of nitrogens with one attached hydrogen (secondary N) is 2. The van der Waals surface area contributed by atoms with Gasteiger partial charge in [-0.05, 0) is 67.3 Å². The van der Waals surface area contributed by atoms with Gasteiger partial charge in [-0.1, -0.05) is 48.0 Å². The Kier molecular flexibility index (Phi) is 7.44. The lowest BCUT2D eigenvalue weighted by Crippen LogP contribution is -2.43. The molecule has 4 rings (SSSR count). The number of para-hydroxylation sites is 1. The summed E-state index contributed by atoms with van der Waals surface area (Å²) >= 11 is 7.42. The van der Waals surface area contributed by atoms with Crippen LogP contribution in [-0.2, 0) is 4.79 Å². The summed E-state index contributed by atoms with van der Waals surface area (Å²) in [4.78, 5) is 12.3. The molecule has 1 saturated carbocycles. The predicted molar refractivity (Wildman–Crippen MR) is 124 cm³/mol. The number of carbonyl (C=O) groups is 1. The summed E-state index contributed by atoms with van der Waals surface area (Å²) in [5.41, 5.74) is 3.91. The van der Waals surface area contributed by atoms with Crippen LogP contribution >= 0.6 is 23.4 Å². The molecule has 1 aliphatic rings. The van der Waals surface area contributed by atoms with Crippen LogP contribution in [0.15, 0.2) is 58.8 Å².